The highest BCUT2D eigenvalue weighted by atomic mass is 79.9. The first-order chi connectivity index (χ1) is 8.70. The predicted octanol–water partition coefficient (Wildman–Crippen LogP) is 3.08. The van der Waals surface area contributed by atoms with Crippen LogP contribution in [0, 0.1) is 0 Å². The molecule has 0 saturated carbocycles. The summed E-state index contributed by atoms with van der Waals surface area (Å²) in [6, 6.07) is 8.68. The Labute approximate surface area is 116 Å². The SMILES string of the molecule is CCNC(Cc1cccc(Br)c1)c1nccn1C. The molecule has 0 amide bonds. The molecule has 0 spiro atoms. The normalized spacial score (nSPS) is 12.6. The number of rotatable bonds is 5. The number of aryl methyl sites for hydroxylation is 1. The second kappa shape index (κ2) is 6.16. The zero-order chi connectivity index (χ0) is 13.0. The summed E-state index contributed by atoms with van der Waals surface area (Å²) in [7, 11) is 2.04. The van der Waals surface area contributed by atoms with Crippen molar-refractivity contribution in [1.82, 2.24) is 14.9 Å². The Hall–Kier alpha value is -1.13. The number of hydrogen-bond donors (Lipinski definition) is 1. The van der Waals surface area contributed by atoms with Gasteiger partial charge in [-0.3, -0.25) is 0 Å². The molecule has 2 rings (SSSR count). The third kappa shape index (κ3) is 3.21. The van der Waals surface area contributed by atoms with Crippen LogP contribution in [0.5, 0.6) is 0 Å². The van der Waals surface area contributed by atoms with Gasteiger partial charge in [-0.05, 0) is 30.7 Å². The second-order valence-corrected chi connectivity index (χ2v) is 5.26. The van der Waals surface area contributed by atoms with E-state index in [2.05, 4.69) is 55.9 Å². The molecule has 0 fully saturated rings. The molecule has 0 aliphatic rings. The second-order valence-electron chi connectivity index (χ2n) is 4.34. The zero-order valence-electron chi connectivity index (χ0n) is 10.7. The summed E-state index contributed by atoms with van der Waals surface area (Å²) >= 11 is 3.51. The molecule has 0 radical (unpaired) electrons. The van der Waals surface area contributed by atoms with Gasteiger partial charge in [0.2, 0.25) is 0 Å². The Bertz CT molecular complexity index is 507. The summed E-state index contributed by atoms with van der Waals surface area (Å²) in [5, 5.41) is 3.50. The number of benzene rings is 1. The molecule has 1 unspecified atom stereocenters. The Kier molecular flexibility index (Phi) is 4.55. The van der Waals surface area contributed by atoms with Crippen molar-refractivity contribution < 1.29 is 0 Å². The minimum Gasteiger partial charge on any atom is -0.337 e. The molecular weight excluding hydrogens is 290 g/mol. The average molecular weight is 308 g/mol. The molecule has 0 aliphatic carbocycles. The van der Waals surface area contributed by atoms with E-state index in [1.165, 1.54) is 5.56 Å². The Morgan fingerprint density at radius 1 is 1.44 bits per heavy atom. The Morgan fingerprint density at radius 3 is 2.89 bits per heavy atom. The predicted molar refractivity (Wildman–Crippen MR) is 77.5 cm³/mol. The Balaban J connectivity index is 2.19. The van der Waals surface area contributed by atoms with Gasteiger partial charge >= 0.3 is 0 Å². The third-order valence-corrected chi connectivity index (χ3v) is 3.44. The van der Waals surface area contributed by atoms with Crippen molar-refractivity contribution in [2.75, 3.05) is 6.54 Å². The van der Waals surface area contributed by atoms with E-state index in [9.17, 15) is 0 Å². The first-order valence-corrected chi connectivity index (χ1v) is 6.95. The van der Waals surface area contributed by atoms with E-state index in [0.717, 1.165) is 23.3 Å². The van der Waals surface area contributed by atoms with Crippen molar-refractivity contribution in [2.45, 2.75) is 19.4 Å². The van der Waals surface area contributed by atoms with Crippen LogP contribution in [0.15, 0.2) is 41.1 Å². The van der Waals surface area contributed by atoms with Gasteiger partial charge in [-0.2, -0.15) is 0 Å². The van der Waals surface area contributed by atoms with Gasteiger partial charge in [0.1, 0.15) is 5.82 Å². The van der Waals surface area contributed by atoms with Gasteiger partial charge < -0.3 is 9.88 Å². The lowest BCUT2D eigenvalue weighted by Gasteiger charge is -2.18. The van der Waals surface area contributed by atoms with Crippen molar-refractivity contribution in [2.24, 2.45) is 7.05 Å². The quantitative estimate of drug-likeness (QED) is 0.920. The monoisotopic (exact) mass is 307 g/mol. The molecule has 1 heterocycles. The molecule has 0 bridgehead atoms. The summed E-state index contributed by atoms with van der Waals surface area (Å²) in [6.07, 6.45) is 4.78. The summed E-state index contributed by atoms with van der Waals surface area (Å²) in [4.78, 5) is 4.44. The van der Waals surface area contributed by atoms with Crippen LogP contribution in [-0.2, 0) is 13.5 Å². The van der Waals surface area contributed by atoms with Crippen molar-refractivity contribution >= 4 is 15.9 Å². The number of likely N-dealkylation sites (N-methyl/N-ethyl adjacent to an activating group) is 1. The minimum atomic E-state index is 0.254. The first kappa shape index (κ1) is 13.3. The molecular formula is C14H18BrN3. The zero-order valence-corrected chi connectivity index (χ0v) is 12.3. The van der Waals surface area contributed by atoms with Gasteiger partial charge in [0.15, 0.2) is 0 Å². The standard InChI is InChI=1S/C14H18BrN3/c1-3-16-13(14-17-7-8-18(14)2)10-11-5-4-6-12(15)9-11/h4-9,13,16H,3,10H2,1-2H3. The van der Waals surface area contributed by atoms with Crippen LogP contribution in [0.1, 0.15) is 24.4 Å². The Morgan fingerprint density at radius 2 is 2.28 bits per heavy atom. The molecule has 4 heteroatoms. The number of imidazole rings is 1. The maximum absolute atomic E-state index is 4.44. The summed E-state index contributed by atoms with van der Waals surface area (Å²) in [6.45, 7) is 3.06. The summed E-state index contributed by atoms with van der Waals surface area (Å²) in [5.41, 5.74) is 1.30. The fraction of sp³-hybridized carbons (Fsp3) is 0.357. The van der Waals surface area contributed by atoms with Crippen LogP contribution in [0.3, 0.4) is 0 Å². The topological polar surface area (TPSA) is 29.9 Å². The van der Waals surface area contributed by atoms with E-state index < -0.39 is 0 Å². The van der Waals surface area contributed by atoms with E-state index in [4.69, 9.17) is 0 Å². The van der Waals surface area contributed by atoms with Crippen LogP contribution in [0.25, 0.3) is 0 Å². The lowest BCUT2D eigenvalue weighted by molar-refractivity contribution is 0.506. The lowest BCUT2D eigenvalue weighted by Crippen LogP contribution is -2.25. The maximum atomic E-state index is 4.44. The van der Waals surface area contributed by atoms with Crippen LogP contribution in [0.4, 0.5) is 0 Å². The molecule has 1 N–H and O–H groups in total. The van der Waals surface area contributed by atoms with E-state index in [1.807, 2.05) is 25.5 Å². The molecule has 0 saturated heterocycles. The first-order valence-electron chi connectivity index (χ1n) is 6.15. The molecule has 96 valence electrons. The van der Waals surface area contributed by atoms with E-state index >= 15 is 0 Å². The number of hydrogen-bond acceptors (Lipinski definition) is 2. The highest BCUT2D eigenvalue weighted by Crippen LogP contribution is 2.19. The van der Waals surface area contributed by atoms with Gasteiger partial charge in [-0.15, -0.1) is 0 Å². The number of halogens is 1. The molecule has 1 aromatic carbocycles. The minimum absolute atomic E-state index is 0.254. The van der Waals surface area contributed by atoms with Gasteiger partial charge in [-0.25, -0.2) is 4.98 Å². The number of aromatic nitrogens is 2. The fourth-order valence-corrected chi connectivity index (χ4v) is 2.56. The maximum Gasteiger partial charge on any atom is 0.125 e. The molecule has 2 aromatic rings. The van der Waals surface area contributed by atoms with Crippen LogP contribution >= 0.6 is 15.9 Å². The highest BCUT2D eigenvalue weighted by Gasteiger charge is 2.15. The molecule has 0 aliphatic heterocycles. The highest BCUT2D eigenvalue weighted by molar-refractivity contribution is 9.10. The van der Waals surface area contributed by atoms with Crippen LogP contribution < -0.4 is 5.32 Å². The van der Waals surface area contributed by atoms with Crippen molar-refractivity contribution in [1.29, 1.82) is 0 Å². The van der Waals surface area contributed by atoms with Crippen molar-refractivity contribution in [3.05, 3.63) is 52.5 Å². The summed E-state index contributed by atoms with van der Waals surface area (Å²) in [5.74, 6) is 1.08. The van der Waals surface area contributed by atoms with Crippen molar-refractivity contribution in [3.8, 4) is 0 Å². The molecule has 18 heavy (non-hydrogen) atoms. The number of nitrogens with zero attached hydrogens (tertiary/aromatic N) is 2. The molecule has 1 aromatic heterocycles. The smallest absolute Gasteiger partial charge is 0.125 e. The summed E-state index contributed by atoms with van der Waals surface area (Å²) < 4.78 is 3.20. The van der Waals surface area contributed by atoms with Gasteiger partial charge in [-0.1, -0.05) is 35.0 Å². The third-order valence-electron chi connectivity index (χ3n) is 2.95. The van der Waals surface area contributed by atoms with Crippen LogP contribution in [-0.4, -0.2) is 16.1 Å². The average Bonchev–Trinajstić information content (AvgIpc) is 2.75. The van der Waals surface area contributed by atoms with Crippen LogP contribution in [0.2, 0.25) is 0 Å². The largest absolute Gasteiger partial charge is 0.337 e. The van der Waals surface area contributed by atoms with Gasteiger partial charge in [0.05, 0.1) is 6.04 Å². The fourth-order valence-electron chi connectivity index (χ4n) is 2.11. The van der Waals surface area contributed by atoms with E-state index in [-0.39, 0.29) is 6.04 Å². The lowest BCUT2D eigenvalue weighted by atomic mass is 10.1. The van der Waals surface area contributed by atoms with E-state index in [0.29, 0.717) is 0 Å². The molecule has 1 atom stereocenters. The van der Waals surface area contributed by atoms with Gasteiger partial charge in [0.25, 0.3) is 0 Å². The molecule has 3 nitrogen and oxygen atoms in total. The number of nitrogens with one attached hydrogen (secondary N) is 1. The van der Waals surface area contributed by atoms with E-state index in [1.54, 1.807) is 0 Å². The van der Waals surface area contributed by atoms with Crippen molar-refractivity contribution in [3.63, 3.8) is 0 Å². The van der Waals surface area contributed by atoms with Gasteiger partial charge in [0, 0.05) is 23.9 Å².